The number of ether oxygens (including phenoxy) is 1. The Morgan fingerprint density at radius 3 is 2.47 bits per heavy atom. The van der Waals surface area contributed by atoms with Crippen LogP contribution in [0.1, 0.15) is 26.3 Å². The summed E-state index contributed by atoms with van der Waals surface area (Å²) in [5, 5.41) is 8.01. The number of amides is 2. The molecule has 0 bridgehead atoms. The van der Waals surface area contributed by atoms with Crippen LogP contribution in [-0.2, 0) is 16.0 Å². The van der Waals surface area contributed by atoms with E-state index in [1.165, 1.54) is 11.3 Å². The molecule has 0 unspecified atom stereocenters. The van der Waals surface area contributed by atoms with Gasteiger partial charge < -0.3 is 15.4 Å². The number of nitrogens with one attached hydrogen (secondary N) is 2. The predicted octanol–water partition coefficient (Wildman–Crippen LogP) is 4.28. The molecular formula is C22H24N4O3S. The molecule has 0 spiro atoms. The molecular weight excluding hydrogens is 400 g/mol. The monoisotopic (exact) mass is 424 g/mol. The number of hydrogen-bond acceptors (Lipinski definition) is 6. The number of rotatable bonds is 6. The molecule has 0 aliphatic heterocycles. The number of carbonyl (C=O) groups is 2. The van der Waals surface area contributed by atoms with Gasteiger partial charge in [-0.25, -0.2) is 9.78 Å². The van der Waals surface area contributed by atoms with E-state index in [0.29, 0.717) is 12.2 Å². The summed E-state index contributed by atoms with van der Waals surface area (Å²) in [6.45, 7) is 5.32. The van der Waals surface area contributed by atoms with Crippen LogP contribution < -0.4 is 10.6 Å². The van der Waals surface area contributed by atoms with Gasteiger partial charge in [0.15, 0.2) is 0 Å². The van der Waals surface area contributed by atoms with Gasteiger partial charge in [0, 0.05) is 29.8 Å². The summed E-state index contributed by atoms with van der Waals surface area (Å²) in [4.78, 5) is 33.7. The molecule has 2 heterocycles. The van der Waals surface area contributed by atoms with Crippen LogP contribution >= 0.6 is 11.3 Å². The van der Waals surface area contributed by atoms with Crippen LogP contribution in [0.4, 0.5) is 10.6 Å². The van der Waals surface area contributed by atoms with Gasteiger partial charge in [0.2, 0.25) is 5.91 Å². The minimum absolute atomic E-state index is 0.327. The Bertz CT molecular complexity index is 984. The molecule has 8 heteroatoms. The number of carbonyl (C=O) groups excluding carboxylic acids is 2. The quantitative estimate of drug-likeness (QED) is 0.616. The fourth-order valence-corrected chi connectivity index (χ4v) is 3.44. The Hall–Kier alpha value is -3.26. The third-order valence-electron chi connectivity index (χ3n) is 3.97. The third-order valence-corrected chi connectivity index (χ3v) is 4.86. The number of aromatic nitrogens is 2. The van der Waals surface area contributed by atoms with Crippen molar-refractivity contribution in [2.75, 3.05) is 5.32 Å². The first-order valence-corrected chi connectivity index (χ1v) is 10.4. The van der Waals surface area contributed by atoms with Crippen molar-refractivity contribution in [2.45, 2.75) is 38.8 Å². The van der Waals surface area contributed by atoms with Crippen molar-refractivity contribution in [1.29, 1.82) is 0 Å². The molecule has 30 heavy (non-hydrogen) atoms. The van der Waals surface area contributed by atoms with E-state index < -0.39 is 17.7 Å². The Kier molecular flexibility index (Phi) is 6.79. The first-order valence-electron chi connectivity index (χ1n) is 9.50. The number of nitrogens with zero attached hydrogens (tertiary/aromatic N) is 2. The second-order valence-electron chi connectivity index (χ2n) is 7.65. The minimum atomic E-state index is -0.812. The van der Waals surface area contributed by atoms with Crippen molar-refractivity contribution in [2.24, 2.45) is 0 Å². The van der Waals surface area contributed by atoms with Gasteiger partial charge in [-0.1, -0.05) is 30.3 Å². The molecule has 0 radical (unpaired) electrons. The standard InChI is InChI=1S/C22H24N4O3S/c1-22(2,3)29-21(28)24-17(13-15-7-5-4-6-8-15)19(27)25-18-14-30-20(26-18)16-9-11-23-12-10-16/h4-12,14,17H,13H2,1-3H3,(H,24,28)(H,25,27)/t17-/m0/s1. The van der Waals surface area contributed by atoms with E-state index in [-0.39, 0.29) is 5.91 Å². The fourth-order valence-electron chi connectivity index (χ4n) is 2.68. The molecule has 3 aromatic rings. The van der Waals surface area contributed by atoms with Gasteiger partial charge in [-0.3, -0.25) is 9.78 Å². The fraction of sp³-hybridized carbons (Fsp3) is 0.273. The molecule has 0 fully saturated rings. The zero-order valence-electron chi connectivity index (χ0n) is 17.1. The molecule has 3 rings (SSSR count). The Morgan fingerprint density at radius 2 is 1.80 bits per heavy atom. The molecule has 1 aromatic carbocycles. The van der Waals surface area contributed by atoms with E-state index >= 15 is 0 Å². The molecule has 7 nitrogen and oxygen atoms in total. The maximum Gasteiger partial charge on any atom is 0.408 e. The summed E-state index contributed by atoms with van der Waals surface area (Å²) in [5.74, 6) is 0.0668. The molecule has 2 aromatic heterocycles. The van der Waals surface area contributed by atoms with Gasteiger partial charge in [0.1, 0.15) is 22.5 Å². The lowest BCUT2D eigenvalue weighted by molar-refractivity contribution is -0.118. The van der Waals surface area contributed by atoms with Gasteiger partial charge in [0.05, 0.1) is 0 Å². The van der Waals surface area contributed by atoms with Gasteiger partial charge in [-0.2, -0.15) is 0 Å². The van der Waals surface area contributed by atoms with E-state index in [9.17, 15) is 9.59 Å². The van der Waals surface area contributed by atoms with Crippen molar-refractivity contribution < 1.29 is 14.3 Å². The smallest absolute Gasteiger partial charge is 0.408 e. The van der Waals surface area contributed by atoms with Gasteiger partial charge in [-0.05, 0) is 38.5 Å². The molecule has 2 amide bonds. The second-order valence-corrected chi connectivity index (χ2v) is 8.51. The van der Waals surface area contributed by atoms with Crippen LogP contribution in [0, 0.1) is 0 Å². The normalized spacial score (nSPS) is 12.1. The summed E-state index contributed by atoms with van der Waals surface area (Å²) in [6, 6.07) is 12.4. The lowest BCUT2D eigenvalue weighted by Crippen LogP contribution is -2.47. The van der Waals surface area contributed by atoms with Crippen LogP contribution in [0.15, 0.2) is 60.2 Å². The van der Waals surface area contributed by atoms with Crippen LogP contribution in [0.5, 0.6) is 0 Å². The van der Waals surface area contributed by atoms with E-state index in [0.717, 1.165) is 16.1 Å². The SMILES string of the molecule is CC(C)(C)OC(=O)N[C@@H](Cc1ccccc1)C(=O)Nc1csc(-c2ccncc2)n1. The van der Waals surface area contributed by atoms with Gasteiger partial charge in [-0.15, -0.1) is 11.3 Å². The van der Waals surface area contributed by atoms with E-state index in [1.807, 2.05) is 42.5 Å². The summed E-state index contributed by atoms with van der Waals surface area (Å²) in [5.41, 5.74) is 1.18. The van der Waals surface area contributed by atoms with E-state index in [1.54, 1.807) is 38.5 Å². The molecule has 1 atom stereocenters. The first-order chi connectivity index (χ1) is 14.3. The Balaban J connectivity index is 1.72. The Labute approximate surface area is 179 Å². The maximum atomic E-state index is 12.9. The number of benzene rings is 1. The number of alkyl carbamates (subject to hydrolysis) is 1. The molecule has 2 N–H and O–H groups in total. The number of anilines is 1. The summed E-state index contributed by atoms with van der Waals surface area (Å²) in [7, 11) is 0. The molecule has 0 saturated heterocycles. The highest BCUT2D eigenvalue weighted by Gasteiger charge is 2.25. The lowest BCUT2D eigenvalue weighted by atomic mass is 10.1. The molecule has 0 aliphatic rings. The number of hydrogen-bond donors (Lipinski definition) is 2. The van der Waals surface area contributed by atoms with Crippen molar-refractivity contribution in [1.82, 2.24) is 15.3 Å². The predicted molar refractivity (Wildman–Crippen MR) is 117 cm³/mol. The van der Waals surface area contributed by atoms with Gasteiger partial charge >= 0.3 is 6.09 Å². The maximum absolute atomic E-state index is 12.9. The first kappa shape index (κ1) is 21.4. The van der Waals surface area contributed by atoms with Crippen molar-refractivity contribution in [3.05, 3.63) is 65.8 Å². The molecule has 0 saturated carbocycles. The van der Waals surface area contributed by atoms with Crippen LogP contribution in [0.3, 0.4) is 0 Å². The van der Waals surface area contributed by atoms with E-state index in [2.05, 4.69) is 20.6 Å². The largest absolute Gasteiger partial charge is 0.444 e. The second kappa shape index (κ2) is 9.49. The van der Waals surface area contributed by atoms with Gasteiger partial charge in [0.25, 0.3) is 0 Å². The number of thiazole rings is 1. The number of pyridine rings is 1. The van der Waals surface area contributed by atoms with E-state index in [4.69, 9.17) is 4.74 Å². The van der Waals surface area contributed by atoms with Crippen molar-refractivity contribution >= 4 is 29.2 Å². The molecule has 0 aliphatic carbocycles. The average Bonchev–Trinajstić information content (AvgIpc) is 3.16. The lowest BCUT2D eigenvalue weighted by Gasteiger charge is -2.23. The summed E-state index contributed by atoms with van der Waals surface area (Å²) in [6.07, 6.45) is 3.06. The highest BCUT2D eigenvalue weighted by atomic mass is 32.1. The zero-order valence-corrected chi connectivity index (χ0v) is 17.9. The zero-order chi connectivity index (χ0) is 21.6. The third kappa shape index (κ3) is 6.38. The highest BCUT2D eigenvalue weighted by molar-refractivity contribution is 7.13. The van der Waals surface area contributed by atoms with Crippen LogP contribution in [0.2, 0.25) is 0 Å². The van der Waals surface area contributed by atoms with Crippen molar-refractivity contribution in [3.8, 4) is 10.6 Å². The minimum Gasteiger partial charge on any atom is -0.444 e. The molecule has 156 valence electrons. The summed E-state index contributed by atoms with van der Waals surface area (Å²) < 4.78 is 5.32. The van der Waals surface area contributed by atoms with Crippen molar-refractivity contribution in [3.63, 3.8) is 0 Å². The highest BCUT2D eigenvalue weighted by Crippen LogP contribution is 2.25. The summed E-state index contributed by atoms with van der Waals surface area (Å²) >= 11 is 1.42. The topological polar surface area (TPSA) is 93.2 Å². The Morgan fingerprint density at radius 1 is 1.10 bits per heavy atom. The van der Waals surface area contributed by atoms with Crippen LogP contribution in [-0.4, -0.2) is 33.6 Å². The average molecular weight is 425 g/mol. The van der Waals surface area contributed by atoms with Crippen LogP contribution in [0.25, 0.3) is 10.6 Å².